The second-order valence-electron chi connectivity index (χ2n) is 4.22. The van der Waals surface area contributed by atoms with Gasteiger partial charge in [-0.15, -0.1) is 11.8 Å². The maximum absolute atomic E-state index is 13.0. The average Bonchev–Trinajstić information content (AvgIpc) is 2.33. The maximum atomic E-state index is 13.0. The zero-order chi connectivity index (χ0) is 13.7. The summed E-state index contributed by atoms with van der Waals surface area (Å²) in [5.74, 6) is -0.568. The average molecular weight is 270 g/mol. The van der Waals surface area contributed by atoms with E-state index in [2.05, 4.69) is 19.2 Å². The van der Waals surface area contributed by atoms with Gasteiger partial charge in [0.25, 0.3) is 0 Å². The molecule has 0 saturated carbocycles. The second kappa shape index (κ2) is 6.64. The van der Waals surface area contributed by atoms with Crippen LogP contribution in [0.2, 0.25) is 0 Å². The van der Waals surface area contributed by atoms with E-state index in [4.69, 9.17) is 5.73 Å². The number of thioether (sulfide) groups is 1. The quantitative estimate of drug-likeness (QED) is 0.807. The third-order valence-corrected chi connectivity index (χ3v) is 4.06. The van der Waals surface area contributed by atoms with Crippen LogP contribution in [0.5, 0.6) is 0 Å². The summed E-state index contributed by atoms with van der Waals surface area (Å²) in [5, 5.41) is 3.02. The first-order chi connectivity index (χ1) is 8.43. The summed E-state index contributed by atoms with van der Waals surface area (Å²) in [6, 6.07) is 4.18. The lowest BCUT2D eigenvalue weighted by Crippen LogP contribution is -2.24. The molecule has 0 radical (unpaired) electrons. The van der Waals surface area contributed by atoms with Gasteiger partial charge in [0.2, 0.25) is 5.91 Å². The van der Waals surface area contributed by atoms with Crippen molar-refractivity contribution in [3.05, 3.63) is 24.0 Å². The second-order valence-corrected chi connectivity index (χ2v) is 6.01. The predicted molar refractivity (Wildman–Crippen MR) is 76.2 cm³/mol. The Morgan fingerprint density at radius 3 is 2.72 bits per heavy atom. The fraction of sp³-hybridized carbons (Fsp3) is 0.462. The molecule has 1 rings (SSSR count). The van der Waals surface area contributed by atoms with Gasteiger partial charge in [0.05, 0.1) is 10.9 Å². The minimum absolute atomic E-state index is 0.0371. The molecule has 5 heteroatoms. The van der Waals surface area contributed by atoms with Crippen molar-refractivity contribution in [1.29, 1.82) is 0 Å². The topological polar surface area (TPSA) is 55.1 Å². The Hall–Kier alpha value is -1.23. The monoisotopic (exact) mass is 270 g/mol. The number of hydrogen-bond acceptors (Lipinski definition) is 3. The van der Waals surface area contributed by atoms with Gasteiger partial charge in [0, 0.05) is 10.9 Å². The highest BCUT2D eigenvalue weighted by Crippen LogP contribution is 2.22. The van der Waals surface area contributed by atoms with Crippen LogP contribution < -0.4 is 11.1 Å². The van der Waals surface area contributed by atoms with Crippen molar-refractivity contribution in [3.8, 4) is 0 Å². The molecule has 0 aliphatic carbocycles. The van der Waals surface area contributed by atoms with Crippen molar-refractivity contribution in [2.75, 3.05) is 11.1 Å². The molecule has 18 heavy (non-hydrogen) atoms. The van der Waals surface area contributed by atoms with E-state index >= 15 is 0 Å². The van der Waals surface area contributed by atoms with E-state index in [0.29, 0.717) is 10.9 Å². The van der Waals surface area contributed by atoms with Gasteiger partial charge in [-0.25, -0.2) is 4.39 Å². The fourth-order valence-corrected chi connectivity index (χ4v) is 2.44. The summed E-state index contributed by atoms with van der Waals surface area (Å²) in [6.45, 7) is 6.03. The summed E-state index contributed by atoms with van der Waals surface area (Å²) in [4.78, 5) is 11.9. The Labute approximate surface area is 111 Å². The van der Waals surface area contributed by atoms with E-state index < -0.39 is 5.82 Å². The molecule has 0 saturated heterocycles. The first-order valence-electron chi connectivity index (χ1n) is 5.95. The molecular formula is C13H19FN2OS. The van der Waals surface area contributed by atoms with Gasteiger partial charge >= 0.3 is 0 Å². The summed E-state index contributed by atoms with van der Waals surface area (Å²) >= 11 is 1.62. The lowest BCUT2D eigenvalue weighted by Gasteiger charge is -2.15. The van der Waals surface area contributed by atoms with Gasteiger partial charge < -0.3 is 11.1 Å². The number of nitrogens with one attached hydrogen (secondary N) is 1. The van der Waals surface area contributed by atoms with Crippen molar-refractivity contribution in [2.45, 2.75) is 37.7 Å². The lowest BCUT2D eigenvalue weighted by molar-refractivity contribution is -0.115. The Kier molecular flexibility index (Phi) is 5.47. The number of rotatable bonds is 5. The summed E-state index contributed by atoms with van der Waals surface area (Å²) in [7, 11) is 0. The van der Waals surface area contributed by atoms with Crippen molar-refractivity contribution >= 4 is 29.0 Å². The number of halogens is 1. The van der Waals surface area contributed by atoms with E-state index in [9.17, 15) is 9.18 Å². The molecule has 2 atom stereocenters. The van der Waals surface area contributed by atoms with Crippen LogP contribution in [0.3, 0.4) is 0 Å². The molecule has 0 bridgehead atoms. The first-order valence-corrected chi connectivity index (χ1v) is 6.89. The Morgan fingerprint density at radius 2 is 2.17 bits per heavy atom. The molecule has 0 fully saturated rings. The van der Waals surface area contributed by atoms with Crippen LogP contribution in [-0.2, 0) is 4.79 Å². The van der Waals surface area contributed by atoms with Gasteiger partial charge in [0.1, 0.15) is 5.82 Å². The van der Waals surface area contributed by atoms with Gasteiger partial charge in [-0.05, 0) is 31.5 Å². The Balaban J connectivity index is 2.61. The van der Waals surface area contributed by atoms with Crippen LogP contribution in [0, 0.1) is 5.82 Å². The fourth-order valence-electron chi connectivity index (χ4n) is 1.37. The van der Waals surface area contributed by atoms with E-state index in [1.54, 1.807) is 11.8 Å². The minimum atomic E-state index is -0.477. The molecule has 0 aromatic heterocycles. The largest absolute Gasteiger partial charge is 0.396 e. The molecule has 0 spiro atoms. The van der Waals surface area contributed by atoms with Gasteiger partial charge in [-0.3, -0.25) is 4.79 Å². The predicted octanol–water partition coefficient (Wildman–Crippen LogP) is 3.27. The molecule has 3 N–H and O–H groups in total. The van der Waals surface area contributed by atoms with Crippen LogP contribution in [-0.4, -0.2) is 16.4 Å². The third-order valence-electron chi connectivity index (χ3n) is 2.64. The Bertz CT molecular complexity index is 425. The van der Waals surface area contributed by atoms with Crippen LogP contribution in [0.15, 0.2) is 18.2 Å². The number of benzene rings is 1. The highest BCUT2D eigenvalue weighted by molar-refractivity contribution is 8.01. The van der Waals surface area contributed by atoms with Gasteiger partial charge in [-0.1, -0.05) is 13.8 Å². The van der Waals surface area contributed by atoms with E-state index in [1.165, 1.54) is 18.2 Å². The summed E-state index contributed by atoms with van der Waals surface area (Å²) < 4.78 is 13.0. The maximum Gasteiger partial charge on any atom is 0.237 e. The molecule has 3 nitrogen and oxygen atoms in total. The SMILES string of the molecule is CCC(C)SC(C)C(=O)Nc1ccc(F)c(N)c1. The summed E-state index contributed by atoms with van der Waals surface area (Å²) in [5.41, 5.74) is 6.00. The van der Waals surface area contributed by atoms with E-state index in [1.807, 2.05) is 6.92 Å². The molecule has 0 aliphatic rings. The third kappa shape index (κ3) is 4.22. The van der Waals surface area contributed by atoms with Crippen molar-refractivity contribution in [2.24, 2.45) is 0 Å². The number of nitrogen functional groups attached to an aromatic ring is 1. The molecular weight excluding hydrogens is 251 g/mol. The van der Waals surface area contributed by atoms with Crippen LogP contribution in [0.1, 0.15) is 27.2 Å². The molecule has 0 heterocycles. The first kappa shape index (κ1) is 14.8. The number of carbonyl (C=O) groups is 1. The number of anilines is 2. The van der Waals surface area contributed by atoms with Crippen LogP contribution in [0.4, 0.5) is 15.8 Å². The lowest BCUT2D eigenvalue weighted by atomic mass is 10.2. The van der Waals surface area contributed by atoms with Crippen LogP contribution in [0.25, 0.3) is 0 Å². The van der Waals surface area contributed by atoms with E-state index in [-0.39, 0.29) is 16.8 Å². The zero-order valence-electron chi connectivity index (χ0n) is 10.9. The highest BCUT2D eigenvalue weighted by Gasteiger charge is 2.16. The van der Waals surface area contributed by atoms with Crippen LogP contribution >= 0.6 is 11.8 Å². The number of carbonyl (C=O) groups excluding carboxylic acids is 1. The Morgan fingerprint density at radius 1 is 1.50 bits per heavy atom. The van der Waals surface area contributed by atoms with Crippen molar-refractivity contribution < 1.29 is 9.18 Å². The number of nitrogens with two attached hydrogens (primary N) is 1. The van der Waals surface area contributed by atoms with Gasteiger partial charge in [0.15, 0.2) is 0 Å². The molecule has 100 valence electrons. The van der Waals surface area contributed by atoms with Gasteiger partial charge in [-0.2, -0.15) is 0 Å². The zero-order valence-corrected chi connectivity index (χ0v) is 11.7. The number of hydrogen-bond donors (Lipinski definition) is 2. The smallest absolute Gasteiger partial charge is 0.237 e. The molecule has 1 aromatic carbocycles. The standard InChI is InChI=1S/C13H19FN2OS/c1-4-8(2)18-9(3)13(17)16-10-5-6-11(14)12(15)7-10/h5-9H,4,15H2,1-3H3,(H,16,17). The molecule has 2 unspecified atom stereocenters. The minimum Gasteiger partial charge on any atom is -0.396 e. The normalized spacial score (nSPS) is 14.0. The summed E-state index contributed by atoms with van der Waals surface area (Å²) in [6.07, 6.45) is 1.02. The molecule has 0 aliphatic heterocycles. The highest BCUT2D eigenvalue weighted by atomic mass is 32.2. The van der Waals surface area contributed by atoms with Crippen molar-refractivity contribution in [3.63, 3.8) is 0 Å². The number of amides is 1. The molecule has 1 aromatic rings. The van der Waals surface area contributed by atoms with E-state index in [0.717, 1.165) is 6.42 Å². The molecule has 1 amide bonds. The van der Waals surface area contributed by atoms with Crippen molar-refractivity contribution in [1.82, 2.24) is 0 Å².